The largest absolute Gasteiger partial charge is 0.291 e. The Labute approximate surface area is 179 Å². The monoisotopic (exact) mass is 409 g/mol. The second-order valence-electron chi connectivity index (χ2n) is 6.56. The fraction of sp³-hybridized carbons (Fsp3) is 0. The minimum Gasteiger partial charge on any atom is -0.291 e. The highest BCUT2D eigenvalue weighted by molar-refractivity contribution is 6.04. The molecule has 1 aromatic heterocycles. The number of amides is 2. The van der Waals surface area contributed by atoms with E-state index >= 15 is 0 Å². The molecule has 0 bridgehead atoms. The van der Waals surface area contributed by atoms with Crippen LogP contribution in [0.1, 0.15) is 15.9 Å². The Bertz CT molecular complexity index is 1200. The maximum atomic E-state index is 12.5. The summed E-state index contributed by atoms with van der Waals surface area (Å²) in [5.74, 6) is -0.431. The fourth-order valence-electron chi connectivity index (χ4n) is 2.85. The van der Waals surface area contributed by atoms with Crippen molar-refractivity contribution in [1.29, 1.82) is 0 Å². The van der Waals surface area contributed by atoms with Crippen molar-refractivity contribution in [1.82, 2.24) is 14.8 Å². The molecule has 0 saturated carbocycles. The predicted octanol–water partition coefficient (Wildman–Crippen LogP) is 4.17. The Morgan fingerprint density at radius 2 is 1.39 bits per heavy atom. The number of nitrogens with one attached hydrogen (secondary N) is 2. The number of aromatic nitrogens is 3. The van der Waals surface area contributed by atoms with Gasteiger partial charge in [0.25, 0.3) is 17.8 Å². The summed E-state index contributed by atoms with van der Waals surface area (Å²) in [6.07, 6.45) is 3.12. The zero-order valence-corrected chi connectivity index (χ0v) is 16.5. The summed E-state index contributed by atoms with van der Waals surface area (Å²) in [6.45, 7) is 0. The average Bonchev–Trinajstić information content (AvgIpc) is 3.21. The van der Waals surface area contributed by atoms with E-state index in [4.69, 9.17) is 0 Å². The molecule has 0 aliphatic rings. The van der Waals surface area contributed by atoms with Gasteiger partial charge in [0.15, 0.2) is 0 Å². The number of benzene rings is 3. The number of rotatable bonds is 6. The van der Waals surface area contributed by atoms with Gasteiger partial charge in [-0.05, 0) is 35.9 Å². The van der Waals surface area contributed by atoms with E-state index in [1.807, 2.05) is 66.7 Å². The van der Waals surface area contributed by atoms with Gasteiger partial charge in [0.2, 0.25) is 5.95 Å². The van der Waals surface area contributed by atoms with E-state index in [1.165, 1.54) is 10.8 Å². The van der Waals surface area contributed by atoms with E-state index in [0.717, 1.165) is 5.56 Å². The van der Waals surface area contributed by atoms with Crippen molar-refractivity contribution < 1.29 is 9.59 Å². The molecular weight excluding hydrogens is 390 g/mol. The molecule has 7 heteroatoms. The van der Waals surface area contributed by atoms with Crippen molar-refractivity contribution in [2.24, 2.45) is 0 Å². The van der Waals surface area contributed by atoms with Crippen molar-refractivity contribution >= 4 is 29.8 Å². The van der Waals surface area contributed by atoms with Crippen molar-refractivity contribution in [2.75, 3.05) is 10.6 Å². The first-order valence-corrected chi connectivity index (χ1v) is 9.62. The smallest absolute Gasteiger partial charge is 0.258 e. The van der Waals surface area contributed by atoms with Crippen LogP contribution in [0.5, 0.6) is 0 Å². The van der Waals surface area contributed by atoms with Crippen LogP contribution < -0.4 is 10.6 Å². The Balaban J connectivity index is 1.57. The number of hydrogen-bond donors (Lipinski definition) is 2. The molecule has 0 aliphatic heterocycles. The van der Waals surface area contributed by atoms with Crippen LogP contribution in [-0.4, -0.2) is 26.6 Å². The molecule has 0 saturated heterocycles. The second-order valence-corrected chi connectivity index (χ2v) is 6.56. The number of nitrogens with zero attached hydrogens (tertiary/aromatic N) is 3. The topological polar surface area (TPSA) is 88.9 Å². The summed E-state index contributed by atoms with van der Waals surface area (Å²) in [7, 11) is 0. The van der Waals surface area contributed by atoms with Gasteiger partial charge >= 0.3 is 0 Å². The van der Waals surface area contributed by atoms with E-state index in [2.05, 4.69) is 20.7 Å². The maximum absolute atomic E-state index is 12.5. The number of carbonyl (C=O) groups is 2. The van der Waals surface area contributed by atoms with Crippen molar-refractivity contribution in [3.8, 4) is 5.69 Å². The van der Waals surface area contributed by atoms with Crippen LogP contribution in [0.25, 0.3) is 11.8 Å². The highest BCUT2D eigenvalue weighted by Crippen LogP contribution is 2.17. The van der Waals surface area contributed by atoms with Crippen LogP contribution >= 0.6 is 0 Å². The number of hydrogen-bond acceptors (Lipinski definition) is 4. The first-order valence-electron chi connectivity index (χ1n) is 9.62. The van der Waals surface area contributed by atoms with Gasteiger partial charge in [-0.3, -0.25) is 20.2 Å². The molecule has 0 atom stereocenters. The highest BCUT2D eigenvalue weighted by atomic mass is 16.2. The molecule has 2 N–H and O–H groups in total. The first kappa shape index (κ1) is 19.8. The quantitative estimate of drug-likeness (QED) is 0.468. The number of anilines is 2. The lowest BCUT2D eigenvalue weighted by molar-refractivity contribution is -0.111. The summed E-state index contributed by atoms with van der Waals surface area (Å²) in [5, 5.41) is 9.75. The molecule has 1 heterocycles. The fourth-order valence-corrected chi connectivity index (χ4v) is 2.85. The third kappa shape index (κ3) is 5.10. The summed E-state index contributed by atoms with van der Waals surface area (Å²) >= 11 is 0. The molecule has 2 amide bonds. The van der Waals surface area contributed by atoms with Gasteiger partial charge < -0.3 is 0 Å². The van der Waals surface area contributed by atoms with E-state index in [-0.39, 0.29) is 23.7 Å². The van der Waals surface area contributed by atoms with Crippen LogP contribution in [0.15, 0.2) is 97.1 Å². The maximum Gasteiger partial charge on any atom is 0.258 e. The highest BCUT2D eigenvalue weighted by Gasteiger charge is 2.16. The molecule has 31 heavy (non-hydrogen) atoms. The standard InChI is InChI=1S/C24H19N5O2/c30-21(17-16-18-10-4-1-5-11-18)25-24-27-23(26-22(31)19-12-6-2-7-13-19)28-29(24)20-14-8-3-9-15-20/h1-17H,(H2,25,26,27,28,30,31). The lowest BCUT2D eigenvalue weighted by Gasteiger charge is -2.05. The Morgan fingerprint density at radius 3 is 2.06 bits per heavy atom. The first-order chi connectivity index (χ1) is 15.2. The summed E-state index contributed by atoms with van der Waals surface area (Å²) in [4.78, 5) is 29.2. The minimum absolute atomic E-state index is 0.0834. The molecule has 0 aliphatic carbocycles. The van der Waals surface area contributed by atoms with Gasteiger partial charge in [0.05, 0.1) is 5.69 Å². The van der Waals surface area contributed by atoms with E-state index < -0.39 is 0 Å². The normalized spacial score (nSPS) is 10.7. The number of para-hydroxylation sites is 1. The van der Waals surface area contributed by atoms with Gasteiger partial charge in [-0.1, -0.05) is 66.7 Å². The molecule has 0 spiro atoms. The lowest BCUT2D eigenvalue weighted by Crippen LogP contribution is -2.13. The van der Waals surface area contributed by atoms with Gasteiger partial charge in [-0.2, -0.15) is 9.67 Å². The summed E-state index contributed by atoms with van der Waals surface area (Å²) in [5.41, 5.74) is 2.07. The third-order valence-corrected chi connectivity index (χ3v) is 4.33. The molecule has 7 nitrogen and oxygen atoms in total. The van der Waals surface area contributed by atoms with Gasteiger partial charge in [-0.25, -0.2) is 0 Å². The van der Waals surface area contributed by atoms with Crippen molar-refractivity contribution in [3.05, 3.63) is 108 Å². The molecule has 0 radical (unpaired) electrons. The zero-order valence-electron chi connectivity index (χ0n) is 16.5. The molecule has 4 aromatic rings. The van der Waals surface area contributed by atoms with E-state index in [1.54, 1.807) is 30.3 Å². The van der Waals surface area contributed by atoms with Crippen molar-refractivity contribution in [3.63, 3.8) is 0 Å². The molecule has 0 unspecified atom stereocenters. The predicted molar refractivity (Wildman–Crippen MR) is 120 cm³/mol. The lowest BCUT2D eigenvalue weighted by atomic mass is 10.2. The SMILES string of the molecule is O=C(C=Cc1ccccc1)Nc1nc(NC(=O)c2ccccc2)nn1-c1ccccc1. The van der Waals surface area contributed by atoms with Crippen LogP contribution in [0.2, 0.25) is 0 Å². The second kappa shape index (κ2) is 9.32. The van der Waals surface area contributed by atoms with Gasteiger partial charge in [0.1, 0.15) is 0 Å². The van der Waals surface area contributed by atoms with Crippen LogP contribution in [0.3, 0.4) is 0 Å². The van der Waals surface area contributed by atoms with Gasteiger partial charge in [0, 0.05) is 11.6 Å². The van der Waals surface area contributed by atoms with Gasteiger partial charge in [-0.15, -0.1) is 5.10 Å². The molecular formula is C24H19N5O2. The molecule has 0 fully saturated rings. The van der Waals surface area contributed by atoms with E-state index in [9.17, 15) is 9.59 Å². The Hall–Kier alpha value is -4.52. The zero-order chi connectivity index (χ0) is 21.5. The van der Waals surface area contributed by atoms with Crippen LogP contribution in [0, 0.1) is 0 Å². The Morgan fingerprint density at radius 1 is 0.774 bits per heavy atom. The van der Waals surface area contributed by atoms with E-state index in [0.29, 0.717) is 11.3 Å². The number of carbonyl (C=O) groups excluding carboxylic acids is 2. The molecule has 3 aromatic carbocycles. The summed E-state index contributed by atoms with van der Waals surface area (Å²) in [6, 6.07) is 27.5. The van der Waals surface area contributed by atoms with Crippen LogP contribution in [-0.2, 0) is 4.79 Å². The molecule has 152 valence electrons. The molecule has 4 rings (SSSR count). The Kier molecular flexibility index (Phi) is 5.95. The summed E-state index contributed by atoms with van der Waals surface area (Å²) < 4.78 is 1.47. The average molecular weight is 409 g/mol. The van der Waals surface area contributed by atoms with Crippen molar-refractivity contribution in [2.45, 2.75) is 0 Å². The minimum atomic E-state index is -0.366. The van der Waals surface area contributed by atoms with Crippen LogP contribution in [0.4, 0.5) is 11.9 Å². The third-order valence-electron chi connectivity index (χ3n) is 4.33.